The first-order chi connectivity index (χ1) is 15.1. The SMILES string of the molecule is COC12CCC(C3=Nc4ccc(Br)cc4C(c4ccccc4)N3CCCO)(CC1)CC2. The lowest BCUT2D eigenvalue weighted by molar-refractivity contribution is -0.101. The minimum Gasteiger partial charge on any atom is -0.396 e. The maximum Gasteiger partial charge on any atom is 0.112 e. The average Bonchev–Trinajstić information content (AvgIpc) is 2.83. The molecular formula is C26H31BrN2O2. The first kappa shape index (κ1) is 21.2. The molecule has 1 N–H and O–H groups in total. The second kappa shape index (κ2) is 8.34. The summed E-state index contributed by atoms with van der Waals surface area (Å²) in [7, 11) is 1.88. The second-order valence-electron chi connectivity index (χ2n) is 9.39. The molecule has 1 heterocycles. The Balaban J connectivity index is 1.63. The zero-order valence-corrected chi connectivity index (χ0v) is 19.8. The van der Waals surface area contributed by atoms with Crippen LogP contribution < -0.4 is 0 Å². The molecule has 164 valence electrons. The van der Waals surface area contributed by atoms with E-state index in [1.54, 1.807) is 0 Å². The van der Waals surface area contributed by atoms with Crippen LogP contribution in [-0.2, 0) is 4.74 Å². The largest absolute Gasteiger partial charge is 0.396 e. The van der Waals surface area contributed by atoms with Crippen molar-refractivity contribution in [2.45, 2.75) is 56.6 Å². The van der Waals surface area contributed by atoms with Crippen LogP contribution in [0.25, 0.3) is 0 Å². The number of hydrogen-bond donors (Lipinski definition) is 1. The molecule has 1 unspecified atom stereocenters. The van der Waals surface area contributed by atoms with Crippen molar-refractivity contribution in [2.75, 3.05) is 20.3 Å². The Hall–Kier alpha value is -1.69. The normalized spacial score (nSPS) is 29.6. The third kappa shape index (κ3) is 3.65. The van der Waals surface area contributed by atoms with Gasteiger partial charge in [-0.25, -0.2) is 4.99 Å². The molecule has 0 amide bonds. The zero-order chi connectivity index (χ0) is 21.5. The van der Waals surface area contributed by atoms with Crippen molar-refractivity contribution in [3.05, 3.63) is 64.1 Å². The smallest absolute Gasteiger partial charge is 0.112 e. The van der Waals surface area contributed by atoms with Gasteiger partial charge in [-0.05, 0) is 68.7 Å². The lowest BCUT2D eigenvalue weighted by atomic mass is 9.57. The summed E-state index contributed by atoms with van der Waals surface area (Å²) in [6.07, 6.45) is 7.45. The van der Waals surface area contributed by atoms with E-state index in [1.165, 1.54) is 17.0 Å². The summed E-state index contributed by atoms with van der Waals surface area (Å²) in [5, 5.41) is 9.69. The Kier molecular flexibility index (Phi) is 5.70. The molecular weight excluding hydrogens is 452 g/mol. The second-order valence-corrected chi connectivity index (χ2v) is 10.3. The van der Waals surface area contributed by atoms with Crippen molar-refractivity contribution < 1.29 is 9.84 Å². The number of aliphatic hydroxyl groups excluding tert-OH is 1. The van der Waals surface area contributed by atoms with Crippen LogP contribution in [0, 0.1) is 5.41 Å². The fourth-order valence-corrected chi connectivity index (χ4v) is 6.38. The number of methoxy groups -OCH3 is 1. The number of benzene rings is 2. The highest BCUT2D eigenvalue weighted by molar-refractivity contribution is 9.10. The van der Waals surface area contributed by atoms with Crippen LogP contribution in [0.15, 0.2) is 58.0 Å². The van der Waals surface area contributed by atoms with Gasteiger partial charge in [-0.3, -0.25) is 0 Å². The van der Waals surface area contributed by atoms with Gasteiger partial charge in [0, 0.05) is 35.7 Å². The molecule has 4 aliphatic rings. The molecule has 1 aliphatic heterocycles. The number of ether oxygens (including phenoxy) is 1. The summed E-state index contributed by atoms with van der Waals surface area (Å²) >= 11 is 3.68. The highest BCUT2D eigenvalue weighted by Crippen LogP contribution is 2.57. The highest BCUT2D eigenvalue weighted by atomic mass is 79.9. The Morgan fingerprint density at radius 2 is 1.77 bits per heavy atom. The molecule has 2 aromatic rings. The molecule has 0 saturated heterocycles. The summed E-state index contributed by atoms with van der Waals surface area (Å²) in [5.74, 6) is 1.23. The van der Waals surface area contributed by atoms with Crippen LogP contribution in [0.4, 0.5) is 5.69 Å². The number of rotatable bonds is 6. The van der Waals surface area contributed by atoms with E-state index in [4.69, 9.17) is 9.73 Å². The molecule has 5 heteroatoms. The Morgan fingerprint density at radius 1 is 1.06 bits per heavy atom. The van der Waals surface area contributed by atoms with Gasteiger partial charge in [-0.1, -0.05) is 46.3 Å². The number of nitrogens with zero attached hydrogens (tertiary/aromatic N) is 2. The number of aliphatic imine (C=N–C) groups is 1. The monoisotopic (exact) mass is 482 g/mol. The number of halogens is 1. The van der Waals surface area contributed by atoms with Crippen molar-refractivity contribution in [3.63, 3.8) is 0 Å². The lowest BCUT2D eigenvalue weighted by Gasteiger charge is -2.56. The van der Waals surface area contributed by atoms with E-state index in [0.717, 1.165) is 61.7 Å². The molecule has 0 spiro atoms. The molecule has 4 nitrogen and oxygen atoms in total. The Labute approximate surface area is 193 Å². The van der Waals surface area contributed by atoms with Gasteiger partial charge in [0.1, 0.15) is 5.84 Å². The Morgan fingerprint density at radius 3 is 2.42 bits per heavy atom. The summed E-state index contributed by atoms with van der Waals surface area (Å²) < 4.78 is 7.03. The minimum atomic E-state index is 0.0779. The van der Waals surface area contributed by atoms with Crippen molar-refractivity contribution in [1.82, 2.24) is 4.90 Å². The van der Waals surface area contributed by atoms with E-state index in [2.05, 4.69) is 69.4 Å². The third-order valence-electron chi connectivity index (χ3n) is 7.85. The predicted molar refractivity (Wildman–Crippen MR) is 128 cm³/mol. The fourth-order valence-electron chi connectivity index (χ4n) is 6.00. The average molecular weight is 483 g/mol. The molecule has 2 aromatic carbocycles. The zero-order valence-electron chi connectivity index (χ0n) is 18.2. The van der Waals surface area contributed by atoms with Gasteiger partial charge in [-0.15, -0.1) is 0 Å². The van der Waals surface area contributed by atoms with Crippen LogP contribution in [0.1, 0.15) is 62.1 Å². The first-order valence-electron chi connectivity index (χ1n) is 11.5. The number of fused-ring (bicyclic) bond motifs is 4. The number of aliphatic hydroxyl groups is 1. The van der Waals surface area contributed by atoms with Crippen molar-refractivity contribution in [2.24, 2.45) is 10.4 Å². The molecule has 31 heavy (non-hydrogen) atoms. The fraction of sp³-hybridized carbons (Fsp3) is 0.500. The lowest BCUT2D eigenvalue weighted by Crippen LogP contribution is -2.56. The topological polar surface area (TPSA) is 45.1 Å². The van der Waals surface area contributed by atoms with Gasteiger partial charge in [-0.2, -0.15) is 0 Å². The maximum atomic E-state index is 9.69. The van der Waals surface area contributed by atoms with E-state index in [0.29, 0.717) is 0 Å². The quantitative estimate of drug-likeness (QED) is 0.548. The van der Waals surface area contributed by atoms with Gasteiger partial charge < -0.3 is 14.7 Å². The molecule has 6 rings (SSSR count). The van der Waals surface area contributed by atoms with Crippen LogP contribution in [0.5, 0.6) is 0 Å². The van der Waals surface area contributed by atoms with Gasteiger partial charge >= 0.3 is 0 Å². The van der Waals surface area contributed by atoms with Crippen molar-refractivity contribution >= 4 is 27.5 Å². The Bertz CT molecular complexity index is 950. The molecule has 0 aromatic heterocycles. The van der Waals surface area contributed by atoms with Crippen LogP contribution in [-0.4, -0.2) is 41.7 Å². The third-order valence-corrected chi connectivity index (χ3v) is 8.34. The summed E-state index contributed by atoms with van der Waals surface area (Å²) in [6.45, 7) is 0.994. The molecule has 0 radical (unpaired) electrons. The van der Waals surface area contributed by atoms with Crippen molar-refractivity contribution in [1.29, 1.82) is 0 Å². The molecule has 3 fully saturated rings. The molecule has 2 bridgehead atoms. The standard InChI is InChI=1S/C26H31BrN2O2/c1-31-26-13-10-25(11-14-26,12-15-26)24-28-22-9-8-20(27)18-21(22)23(29(24)16-5-17-30)19-6-3-2-4-7-19/h2-4,6-9,18,23,30H,5,10-17H2,1H3. The van der Waals surface area contributed by atoms with Crippen LogP contribution in [0.3, 0.4) is 0 Å². The summed E-state index contributed by atoms with van der Waals surface area (Å²) in [5.41, 5.74) is 3.77. The number of amidine groups is 1. The molecule has 3 saturated carbocycles. The first-order valence-corrected chi connectivity index (χ1v) is 12.3. The number of hydrogen-bond acceptors (Lipinski definition) is 4. The van der Waals surface area contributed by atoms with Gasteiger partial charge in [0.25, 0.3) is 0 Å². The van der Waals surface area contributed by atoms with Crippen LogP contribution >= 0.6 is 15.9 Å². The molecule has 1 atom stereocenters. The van der Waals surface area contributed by atoms with E-state index >= 15 is 0 Å². The van der Waals surface area contributed by atoms with E-state index in [-0.39, 0.29) is 23.7 Å². The van der Waals surface area contributed by atoms with Gasteiger partial charge in [0.05, 0.1) is 17.3 Å². The summed E-state index contributed by atoms with van der Waals surface area (Å²) in [4.78, 5) is 7.84. The maximum absolute atomic E-state index is 9.69. The minimum absolute atomic E-state index is 0.0779. The van der Waals surface area contributed by atoms with E-state index in [1.807, 2.05) is 7.11 Å². The highest BCUT2D eigenvalue weighted by Gasteiger charge is 2.53. The van der Waals surface area contributed by atoms with Gasteiger partial charge in [0.15, 0.2) is 0 Å². The van der Waals surface area contributed by atoms with E-state index in [9.17, 15) is 5.11 Å². The van der Waals surface area contributed by atoms with Gasteiger partial charge in [0.2, 0.25) is 0 Å². The van der Waals surface area contributed by atoms with E-state index < -0.39 is 0 Å². The summed E-state index contributed by atoms with van der Waals surface area (Å²) in [6, 6.07) is 17.3. The van der Waals surface area contributed by atoms with Crippen LogP contribution in [0.2, 0.25) is 0 Å². The van der Waals surface area contributed by atoms with Crippen molar-refractivity contribution in [3.8, 4) is 0 Å². The molecule has 3 aliphatic carbocycles. The predicted octanol–water partition coefficient (Wildman–Crippen LogP) is 6.01.